The van der Waals surface area contributed by atoms with E-state index in [9.17, 15) is 14.4 Å². The molecule has 2 aromatic heterocycles. The highest BCUT2D eigenvalue weighted by atomic mass is 32.1. The molecule has 0 saturated carbocycles. The van der Waals surface area contributed by atoms with E-state index in [1.165, 1.54) is 13.4 Å². The number of carbonyl (C=O) groups excluding carboxylic acids is 2. The van der Waals surface area contributed by atoms with Crippen LogP contribution < -0.4 is 5.56 Å². The van der Waals surface area contributed by atoms with E-state index in [-0.39, 0.29) is 26.4 Å². The molecule has 0 spiro atoms. The van der Waals surface area contributed by atoms with Crippen molar-refractivity contribution in [2.75, 3.05) is 20.3 Å². The van der Waals surface area contributed by atoms with Gasteiger partial charge in [-0.3, -0.25) is 14.2 Å². The van der Waals surface area contributed by atoms with Crippen LogP contribution in [-0.2, 0) is 32.2 Å². The Morgan fingerprint density at radius 1 is 1.14 bits per heavy atom. The second-order valence-electron chi connectivity index (χ2n) is 6.19. The van der Waals surface area contributed by atoms with Crippen LogP contribution in [0.3, 0.4) is 0 Å². The lowest BCUT2D eigenvalue weighted by molar-refractivity contribution is -0.145. The molecule has 8 nitrogen and oxygen atoms in total. The van der Waals surface area contributed by atoms with E-state index < -0.39 is 17.5 Å². The topological polar surface area (TPSA) is 96.7 Å². The predicted molar refractivity (Wildman–Crippen MR) is 107 cm³/mol. The summed E-state index contributed by atoms with van der Waals surface area (Å²) in [5.74, 6) is -1.08. The maximum absolute atomic E-state index is 12.8. The molecule has 2 heterocycles. The van der Waals surface area contributed by atoms with Crippen molar-refractivity contribution in [1.82, 2.24) is 9.55 Å². The number of thiophene rings is 1. The third kappa shape index (κ3) is 4.87. The molecule has 152 valence electrons. The molecule has 0 aliphatic heterocycles. The van der Waals surface area contributed by atoms with Gasteiger partial charge in [-0.15, -0.1) is 11.3 Å². The normalized spacial score (nSPS) is 10.8. The second-order valence-corrected chi connectivity index (χ2v) is 7.19. The smallest absolute Gasteiger partial charge is 0.349 e. The largest absolute Gasteiger partial charge is 0.462 e. The van der Waals surface area contributed by atoms with Crippen LogP contribution in [0.5, 0.6) is 0 Å². The Kier molecular flexibility index (Phi) is 6.73. The molecule has 0 atom stereocenters. The lowest BCUT2D eigenvalue weighted by Gasteiger charge is -2.06. The summed E-state index contributed by atoms with van der Waals surface area (Å²) in [6.07, 6.45) is 1.28. The lowest BCUT2D eigenvalue weighted by atomic mass is 10.2. The van der Waals surface area contributed by atoms with Crippen LogP contribution in [0.1, 0.15) is 20.8 Å². The number of aromatic nitrogens is 2. The third-order valence-electron chi connectivity index (χ3n) is 4.17. The Labute approximate surface area is 170 Å². The van der Waals surface area contributed by atoms with Gasteiger partial charge < -0.3 is 14.2 Å². The number of ether oxygens (including phenoxy) is 3. The number of hydrogen-bond donors (Lipinski definition) is 0. The van der Waals surface area contributed by atoms with Gasteiger partial charge in [0.2, 0.25) is 0 Å². The highest BCUT2D eigenvalue weighted by Crippen LogP contribution is 2.27. The first-order valence-electron chi connectivity index (χ1n) is 8.85. The minimum Gasteiger partial charge on any atom is -0.462 e. The number of fused-ring (bicyclic) bond motifs is 1. The number of rotatable bonds is 8. The van der Waals surface area contributed by atoms with Crippen LogP contribution in [-0.4, -0.2) is 41.8 Å². The average molecular weight is 416 g/mol. The summed E-state index contributed by atoms with van der Waals surface area (Å²) in [6.45, 7) is 1.92. The van der Waals surface area contributed by atoms with Gasteiger partial charge in [-0.1, -0.05) is 30.3 Å². The van der Waals surface area contributed by atoms with Gasteiger partial charge in [-0.25, -0.2) is 9.78 Å². The molecule has 0 saturated heterocycles. The fourth-order valence-corrected chi connectivity index (χ4v) is 3.71. The first kappa shape index (κ1) is 20.7. The molecule has 0 aliphatic carbocycles. The summed E-state index contributed by atoms with van der Waals surface area (Å²) in [7, 11) is 1.50. The molecule has 0 aliphatic rings. The standard InChI is InChI=1S/C20H20N2O6S/c1-13-16-18(21-12-22(19(16)24)10-15(23)27-9-8-26-2)29-17(13)20(25)28-11-14-6-4-3-5-7-14/h3-7,12H,8-11H2,1-2H3. The molecule has 0 amide bonds. The van der Waals surface area contributed by atoms with Crippen molar-refractivity contribution in [2.24, 2.45) is 0 Å². The Hall–Kier alpha value is -3.04. The summed E-state index contributed by atoms with van der Waals surface area (Å²) in [5.41, 5.74) is 0.948. The number of aryl methyl sites for hydroxylation is 1. The van der Waals surface area contributed by atoms with Crippen molar-refractivity contribution in [3.63, 3.8) is 0 Å². The maximum Gasteiger partial charge on any atom is 0.349 e. The highest BCUT2D eigenvalue weighted by molar-refractivity contribution is 7.20. The van der Waals surface area contributed by atoms with Gasteiger partial charge >= 0.3 is 11.9 Å². The Bertz CT molecular complexity index is 1070. The van der Waals surface area contributed by atoms with Gasteiger partial charge in [0.15, 0.2) is 0 Å². The van der Waals surface area contributed by atoms with Crippen LogP contribution in [0.4, 0.5) is 0 Å². The summed E-state index contributed by atoms with van der Waals surface area (Å²) in [6, 6.07) is 9.32. The Morgan fingerprint density at radius 2 is 1.90 bits per heavy atom. The molecule has 3 aromatic rings. The quantitative estimate of drug-likeness (QED) is 0.411. The molecule has 29 heavy (non-hydrogen) atoms. The van der Waals surface area contributed by atoms with E-state index in [0.29, 0.717) is 20.7 Å². The summed E-state index contributed by atoms with van der Waals surface area (Å²) < 4.78 is 16.3. The van der Waals surface area contributed by atoms with Crippen molar-refractivity contribution >= 4 is 33.5 Å². The second kappa shape index (κ2) is 9.44. The first-order valence-corrected chi connectivity index (χ1v) is 9.67. The van der Waals surface area contributed by atoms with Crippen molar-refractivity contribution in [3.05, 3.63) is 63.0 Å². The van der Waals surface area contributed by atoms with Gasteiger partial charge in [0.05, 0.1) is 18.3 Å². The number of methoxy groups -OCH3 is 1. The lowest BCUT2D eigenvalue weighted by Crippen LogP contribution is -2.26. The molecule has 1 aromatic carbocycles. The number of nitrogens with zero attached hydrogens (tertiary/aromatic N) is 2. The Balaban J connectivity index is 1.78. The van der Waals surface area contributed by atoms with E-state index in [2.05, 4.69) is 4.98 Å². The van der Waals surface area contributed by atoms with Crippen molar-refractivity contribution in [1.29, 1.82) is 0 Å². The third-order valence-corrected chi connectivity index (χ3v) is 5.35. The fraction of sp³-hybridized carbons (Fsp3) is 0.300. The number of esters is 2. The van der Waals surface area contributed by atoms with E-state index >= 15 is 0 Å². The van der Waals surface area contributed by atoms with Gasteiger partial charge in [-0.05, 0) is 18.1 Å². The molecular formula is C20H20N2O6S. The molecule has 0 N–H and O–H groups in total. The molecular weight excluding hydrogens is 396 g/mol. The SMILES string of the molecule is COCCOC(=O)Cn1cnc2sc(C(=O)OCc3ccccc3)c(C)c2c1=O. The molecule has 0 radical (unpaired) electrons. The van der Waals surface area contributed by atoms with Crippen molar-refractivity contribution in [2.45, 2.75) is 20.1 Å². The van der Waals surface area contributed by atoms with Crippen LogP contribution in [0.15, 0.2) is 41.5 Å². The monoisotopic (exact) mass is 416 g/mol. The molecule has 0 unspecified atom stereocenters. The number of benzene rings is 1. The molecule has 9 heteroatoms. The fourth-order valence-electron chi connectivity index (χ4n) is 2.68. The number of carbonyl (C=O) groups is 2. The zero-order valence-corrected chi connectivity index (χ0v) is 16.9. The molecule has 0 fully saturated rings. The van der Waals surface area contributed by atoms with E-state index in [1.807, 2.05) is 30.3 Å². The van der Waals surface area contributed by atoms with Crippen LogP contribution in [0, 0.1) is 6.92 Å². The zero-order chi connectivity index (χ0) is 20.8. The maximum atomic E-state index is 12.8. The predicted octanol–water partition coefficient (Wildman–Crippen LogP) is 2.31. The highest BCUT2D eigenvalue weighted by Gasteiger charge is 2.21. The van der Waals surface area contributed by atoms with Crippen molar-refractivity contribution < 1.29 is 23.8 Å². The minimum absolute atomic E-state index is 0.106. The number of hydrogen-bond acceptors (Lipinski definition) is 8. The van der Waals surface area contributed by atoms with Gasteiger partial charge in [0.1, 0.15) is 29.5 Å². The van der Waals surface area contributed by atoms with Gasteiger partial charge in [0.25, 0.3) is 5.56 Å². The first-order chi connectivity index (χ1) is 14.0. The van der Waals surface area contributed by atoms with Crippen molar-refractivity contribution in [3.8, 4) is 0 Å². The van der Waals surface area contributed by atoms with E-state index in [0.717, 1.165) is 21.5 Å². The average Bonchev–Trinajstić information content (AvgIpc) is 3.06. The van der Waals surface area contributed by atoms with E-state index in [1.54, 1.807) is 6.92 Å². The molecule has 3 rings (SSSR count). The van der Waals surface area contributed by atoms with Gasteiger partial charge in [0, 0.05) is 7.11 Å². The Morgan fingerprint density at radius 3 is 2.62 bits per heavy atom. The van der Waals surface area contributed by atoms with E-state index in [4.69, 9.17) is 14.2 Å². The van der Waals surface area contributed by atoms with Crippen LogP contribution in [0.25, 0.3) is 10.2 Å². The summed E-state index contributed by atoms with van der Waals surface area (Å²) in [4.78, 5) is 42.1. The zero-order valence-electron chi connectivity index (χ0n) is 16.0. The van der Waals surface area contributed by atoms with Gasteiger partial charge in [-0.2, -0.15) is 0 Å². The molecule has 0 bridgehead atoms. The summed E-state index contributed by atoms with van der Waals surface area (Å²) >= 11 is 1.09. The van der Waals surface area contributed by atoms with Crippen LogP contribution >= 0.6 is 11.3 Å². The van der Waals surface area contributed by atoms with Crippen LogP contribution in [0.2, 0.25) is 0 Å². The summed E-state index contributed by atoms with van der Waals surface area (Å²) in [5, 5.41) is 0.300. The minimum atomic E-state index is -0.569.